The van der Waals surface area contributed by atoms with Gasteiger partial charge in [-0.3, -0.25) is 4.79 Å². The number of hydrogen-bond acceptors (Lipinski definition) is 4. The van der Waals surface area contributed by atoms with Crippen LogP contribution in [0.5, 0.6) is 0 Å². The number of carbonyl (C=O) groups is 1. The number of sulfonamides is 1. The molecule has 1 fully saturated rings. The van der Waals surface area contributed by atoms with Crippen LogP contribution in [0.4, 0.5) is 0 Å². The van der Waals surface area contributed by atoms with Gasteiger partial charge in [0, 0.05) is 24.7 Å². The molecule has 3 N–H and O–H groups in total. The molecule has 0 spiro atoms. The quantitative estimate of drug-likeness (QED) is 0.805. The largest absolute Gasteiger partial charge is 0.334 e. The van der Waals surface area contributed by atoms with Crippen LogP contribution in [0, 0.1) is 0 Å². The van der Waals surface area contributed by atoms with Crippen LogP contribution in [0.25, 0.3) is 0 Å². The Balaban J connectivity index is 2.20. The molecule has 7 heteroatoms. The van der Waals surface area contributed by atoms with Crippen molar-refractivity contribution in [2.75, 3.05) is 19.6 Å². The van der Waals surface area contributed by atoms with E-state index in [1.807, 2.05) is 11.8 Å². The molecule has 2 rings (SSSR count). The van der Waals surface area contributed by atoms with Gasteiger partial charge in [0.15, 0.2) is 0 Å². The Labute approximate surface area is 131 Å². The van der Waals surface area contributed by atoms with Gasteiger partial charge in [-0.05, 0) is 37.1 Å². The van der Waals surface area contributed by atoms with Crippen molar-refractivity contribution < 1.29 is 13.2 Å². The maximum Gasteiger partial charge on any atom is 0.254 e. The van der Waals surface area contributed by atoms with Crippen molar-refractivity contribution in [1.82, 2.24) is 10.2 Å². The molecule has 1 aliphatic rings. The highest BCUT2D eigenvalue weighted by atomic mass is 32.2. The van der Waals surface area contributed by atoms with E-state index in [0.29, 0.717) is 17.7 Å². The van der Waals surface area contributed by atoms with Crippen molar-refractivity contribution in [3.05, 3.63) is 35.4 Å². The summed E-state index contributed by atoms with van der Waals surface area (Å²) >= 11 is 0. The van der Waals surface area contributed by atoms with E-state index in [-0.39, 0.29) is 17.7 Å². The third-order valence-corrected chi connectivity index (χ3v) is 4.48. The average molecular weight is 325 g/mol. The minimum absolute atomic E-state index is 0.0492. The first-order valence-electron chi connectivity index (χ1n) is 7.52. The smallest absolute Gasteiger partial charge is 0.254 e. The Morgan fingerprint density at radius 2 is 2.23 bits per heavy atom. The van der Waals surface area contributed by atoms with Crippen LogP contribution >= 0.6 is 0 Å². The lowest BCUT2D eigenvalue weighted by molar-refractivity contribution is 0.0692. The van der Waals surface area contributed by atoms with E-state index in [1.165, 1.54) is 0 Å². The number of hydrogen-bond donors (Lipinski definition) is 2. The van der Waals surface area contributed by atoms with Crippen molar-refractivity contribution in [2.24, 2.45) is 5.14 Å². The molecule has 1 aromatic rings. The molecule has 0 aliphatic carbocycles. The number of nitrogens with one attached hydrogen (secondary N) is 1. The number of benzene rings is 1. The molecule has 0 aromatic heterocycles. The van der Waals surface area contributed by atoms with Crippen molar-refractivity contribution >= 4 is 15.9 Å². The Bertz CT molecular complexity index is 625. The highest BCUT2D eigenvalue weighted by Gasteiger charge is 2.26. The molecule has 1 saturated heterocycles. The Hall–Kier alpha value is -1.44. The fourth-order valence-corrected chi connectivity index (χ4v) is 3.43. The van der Waals surface area contributed by atoms with Crippen LogP contribution in [0.15, 0.2) is 24.3 Å². The lowest BCUT2D eigenvalue weighted by Gasteiger charge is -2.28. The third-order valence-electron chi connectivity index (χ3n) is 3.74. The van der Waals surface area contributed by atoms with Crippen molar-refractivity contribution in [1.29, 1.82) is 0 Å². The van der Waals surface area contributed by atoms with E-state index >= 15 is 0 Å². The second-order valence-electron chi connectivity index (χ2n) is 5.65. The van der Waals surface area contributed by atoms with Gasteiger partial charge in [0.25, 0.3) is 5.91 Å². The van der Waals surface area contributed by atoms with Gasteiger partial charge in [0.1, 0.15) is 0 Å². The molecule has 1 amide bonds. The fourth-order valence-electron chi connectivity index (χ4n) is 2.79. The van der Waals surface area contributed by atoms with Gasteiger partial charge in [-0.2, -0.15) is 0 Å². The second kappa shape index (κ2) is 7.21. The zero-order chi connectivity index (χ0) is 16.2. The number of nitrogens with zero attached hydrogens (tertiary/aromatic N) is 1. The maximum absolute atomic E-state index is 12.8. The van der Waals surface area contributed by atoms with E-state index < -0.39 is 10.0 Å². The summed E-state index contributed by atoms with van der Waals surface area (Å²) in [6.07, 6.45) is 1.84. The predicted octanol–water partition coefficient (Wildman–Crippen LogP) is 0.689. The molecule has 1 unspecified atom stereocenters. The molecule has 6 nitrogen and oxygen atoms in total. The van der Waals surface area contributed by atoms with Crippen LogP contribution in [-0.2, 0) is 15.8 Å². The zero-order valence-corrected chi connectivity index (χ0v) is 13.6. The summed E-state index contributed by atoms with van der Waals surface area (Å²) in [6.45, 7) is 4.47. The van der Waals surface area contributed by atoms with Crippen LogP contribution < -0.4 is 10.5 Å². The minimum atomic E-state index is -3.60. The molecule has 0 bridgehead atoms. The first-order valence-corrected chi connectivity index (χ1v) is 9.23. The Morgan fingerprint density at radius 1 is 1.45 bits per heavy atom. The molecular weight excluding hydrogens is 302 g/mol. The Kier molecular flexibility index (Phi) is 5.55. The topological polar surface area (TPSA) is 92.5 Å². The third kappa shape index (κ3) is 4.53. The molecule has 0 saturated carbocycles. The standard InChI is InChI=1S/C15H23N3O3S/c1-2-8-18(14-6-7-17-10-14)15(19)13-5-3-4-12(9-13)11-22(16,20)21/h3-5,9,14,17H,2,6-8,10-11H2,1H3,(H2,16,20,21). The molecular formula is C15H23N3O3S. The molecule has 122 valence electrons. The summed E-state index contributed by atoms with van der Waals surface area (Å²) < 4.78 is 22.4. The SMILES string of the molecule is CCCN(C(=O)c1cccc(CS(N)(=O)=O)c1)C1CCNC1. The van der Waals surface area contributed by atoms with E-state index in [4.69, 9.17) is 5.14 Å². The van der Waals surface area contributed by atoms with Gasteiger partial charge >= 0.3 is 0 Å². The first kappa shape index (κ1) is 16.9. The summed E-state index contributed by atoms with van der Waals surface area (Å²) in [4.78, 5) is 14.6. The van der Waals surface area contributed by atoms with Gasteiger partial charge in [-0.15, -0.1) is 0 Å². The predicted molar refractivity (Wildman–Crippen MR) is 85.9 cm³/mol. The van der Waals surface area contributed by atoms with E-state index in [0.717, 1.165) is 25.9 Å². The van der Waals surface area contributed by atoms with Crippen LogP contribution in [0.1, 0.15) is 35.7 Å². The van der Waals surface area contributed by atoms with E-state index in [9.17, 15) is 13.2 Å². The van der Waals surface area contributed by atoms with Gasteiger partial charge in [0.2, 0.25) is 10.0 Å². The van der Waals surface area contributed by atoms with Gasteiger partial charge in [0.05, 0.1) is 5.75 Å². The highest BCUT2D eigenvalue weighted by molar-refractivity contribution is 7.88. The summed E-state index contributed by atoms with van der Waals surface area (Å²) in [5.41, 5.74) is 1.05. The molecule has 1 aliphatic heterocycles. The number of rotatable bonds is 6. The summed E-state index contributed by atoms with van der Waals surface area (Å²) in [5.74, 6) is -0.306. The van der Waals surface area contributed by atoms with Crippen LogP contribution in [0.3, 0.4) is 0 Å². The second-order valence-corrected chi connectivity index (χ2v) is 7.27. The number of primary sulfonamides is 1. The normalized spacial score (nSPS) is 18.4. The number of nitrogens with two attached hydrogens (primary N) is 1. The lowest BCUT2D eigenvalue weighted by Crippen LogP contribution is -2.42. The van der Waals surface area contributed by atoms with E-state index in [2.05, 4.69) is 5.32 Å². The van der Waals surface area contributed by atoms with Crippen LogP contribution in [0.2, 0.25) is 0 Å². The molecule has 1 aromatic carbocycles. The molecule has 22 heavy (non-hydrogen) atoms. The minimum Gasteiger partial charge on any atom is -0.334 e. The highest BCUT2D eigenvalue weighted by Crippen LogP contribution is 2.16. The van der Waals surface area contributed by atoms with Crippen LogP contribution in [-0.4, -0.2) is 44.9 Å². The molecule has 1 heterocycles. The number of carbonyl (C=O) groups excluding carboxylic acids is 1. The first-order chi connectivity index (χ1) is 10.4. The average Bonchev–Trinajstić information content (AvgIpc) is 2.96. The van der Waals surface area contributed by atoms with Gasteiger partial charge in [-0.25, -0.2) is 13.6 Å². The number of amides is 1. The fraction of sp³-hybridized carbons (Fsp3) is 0.533. The molecule has 0 radical (unpaired) electrons. The maximum atomic E-state index is 12.8. The molecule has 1 atom stereocenters. The summed E-state index contributed by atoms with van der Waals surface area (Å²) in [7, 11) is -3.60. The lowest BCUT2D eigenvalue weighted by atomic mass is 10.1. The Morgan fingerprint density at radius 3 is 2.82 bits per heavy atom. The summed E-state index contributed by atoms with van der Waals surface area (Å²) in [5, 5.41) is 8.34. The van der Waals surface area contributed by atoms with Crippen molar-refractivity contribution in [3.63, 3.8) is 0 Å². The van der Waals surface area contributed by atoms with Crippen molar-refractivity contribution in [2.45, 2.75) is 31.6 Å². The summed E-state index contributed by atoms with van der Waals surface area (Å²) in [6, 6.07) is 6.92. The van der Waals surface area contributed by atoms with Crippen molar-refractivity contribution in [3.8, 4) is 0 Å². The monoisotopic (exact) mass is 325 g/mol. The van der Waals surface area contributed by atoms with Gasteiger partial charge < -0.3 is 10.2 Å². The zero-order valence-electron chi connectivity index (χ0n) is 12.8. The van der Waals surface area contributed by atoms with E-state index in [1.54, 1.807) is 24.3 Å². The van der Waals surface area contributed by atoms with Gasteiger partial charge in [-0.1, -0.05) is 19.1 Å².